The van der Waals surface area contributed by atoms with E-state index in [9.17, 15) is 4.79 Å². The molecule has 0 spiro atoms. The number of thiophene rings is 2. The van der Waals surface area contributed by atoms with Crippen LogP contribution in [0, 0.1) is 0 Å². The van der Waals surface area contributed by atoms with Crippen molar-refractivity contribution < 1.29 is 9.21 Å². The molecule has 3 aromatic heterocycles. The molecule has 0 unspecified atom stereocenters. The molecule has 0 radical (unpaired) electrons. The van der Waals surface area contributed by atoms with Crippen LogP contribution in [0.3, 0.4) is 0 Å². The standard InChI is InChI=1S/C19H19NO2S2/c21-18(19(7-1-2-8-19)17-6-4-10-23-17)20-12-15-11-14(13-24-15)16-5-3-9-22-16/h3-6,9-11,13H,1-2,7-8,12H2,(H,20,21). The van der Waals surface area contributed by atoms with E-state index < -0.39 is 0 Å². The molecule has 0 bridgehead atoms. The third-order valence-corrected chi connectivity index (χ3v) is 6.78. The van der Waals surface area contributed by atoms with E-state index in [1.54, 1.807) is 28.9 Å². The zero-order valence-electron chi connectivity index (χ0n) is 13.3. The lowest BCUT2D eigenvalue weighted by molar-refractivity contribution is -0.126. The highest BCUT2D eigenvalue weighted by Gasteiger charge is 2.43. The van der Waals surface area contributed by atoms with Crippen molar-refractivity contribution in [3.8, 4) is 11.3 Å². The molecule has 3 heterocycles. The van der Waals surface area contributed by atoms with Crippen molar-refractivity contribution in [3.63, 3.8) is 0 Å². The molecule has 1 amide bonds. The molecular formula is C19H19NO2S2. The summed E-state index contributed by atoms with van der Waals surface area (Å²) in [7, 11) is 0. The molecule has 1 N–H and O–H groups in total. The van der Waals surface area contributed by atoms with E-state index in [-0.39, 0.29) is 11.3 Å². The molecule has 3 aromatic rings. The van der Waals surface area contributed by atoms with E-state index in [4.69, 9.17) is 4.42 Å². The molecule has 1 aliphatic carbocycles. The maximum atomic E-state index is 13.0. The van der Waals surface area contributed by atoms with Gasteiger partial charge in [-0.25, -0.2) is 0 Å². The van der Waals surface area contributed by atoms with E-state index in [2.05, 4.69) is 28.2 Å². The van der Waals surface area contributed by atoms with Crippen LogP contribution in [0.2, 0.25) is 0 Å². The Morgan fingerprint density at radius 2 is 2.08 bits per heavy atom. The molecule has 5 heteroatoms. The highest BCUT2D eigenvalue weighted by molar-refractivity contribution is 7.10. The van der Waals surface area contributed by atoms with Crippen LogP contribution in [0.5, 0.6) is 0 Å². The van der Waals surface area contributed by atoms with Crippen LogP contribution < -0.4 is 5.32 Å². The van der Waals surface area contributed by atoms with Crippen LogP contribution in [0.25, 0.3) is 11.3 Å². The predicted molar refractivity (Wildman–Crippen MR) is 98.3 cm³/mol. The van der Waals surface area contributed by atoms with Crippen LogP contribution in [0.1, 0.15) is 35.4 Å². The van der Waals surface area contributed by atoms with Gasteiger partial charge in [0.25, 0.3) is 0 Å². The van der Waals surface area contributed by atoms with Gasteiger partial charge in [-0.05, 0) is 42.5 Å². The maximum absolute atomic E-state index is 13.0. The number of furan rings is 1. The Hall–Kier alpha value is -1.85. The van der Waals surface area contributed by atoms with E-state index in [0.717, 1.165) is 41.9 Å². The average molecular weight is 358 g/mol. The van der Waals surface area contributed by atoms with Crippen molar-refractivity contribution in [1.29, 1.82) is 0 Å². The summed E-state index contributed by atoms with van der Waals surface area (Å²) in [6, 6.07) is 10.1. The van der Waals surface area contributed by atoms with Gasteiger partial charge >= 0.3 is 0 Å². The van der Waals surface area contributed by atoms with Gasteiger partial charge in [-0.3, -0.25) is 4.79 Å². The summed E-state index contributed by atoms with van der Waals surface area (Å²) in [6.07, 6.45) is 5.86. The summed E-state index contributed by atoms with van der Waals surface area (Å²) in [6.45, 7) is 0.581. The predicted octanol–water partition coefficient (Wildman–Crippen LogP) is 5.20. The summed E-state index contributed by atoms with van der Waals surface area (Å²) in [5, 5.41) is 7.32. The van der Waals surface area contributed by atoms with Crippen LogP contribution in [0.4, 0.5) is 0 Å². The summed E-state index contributed by atoms with van der Waals surface area (Å²) in [5.74, 6) is 1.05. The normalized spacial score (nSPS) is 16.3. The quantitative estimate of drug-likeness (QED) is 0.682. The smallest absolute Gasteiger partial charge is 0.231 e. The van der Waals surface area contributed by atoms with Crippen molar-refractivity contribution in [3.05, 3.63) is 57.1 Å². The molecule has 24 heavy (non-hydrogen) atoms. The number of rotatable bonds is 5. The summed E-state index contributed by atoms with van der Waals surface area (Å²) in [4.78, 5) is 15.3. The first-order valence-electron chi connectivity index (χ1n) is 8.21. The minimum Gasteiger partial charge on any atom is -0.464 e. The molecule has 124 valence electrons. The van der Waals surface area contributed by atoms with Gasteiger partial charge in [-0.15, -0.1) is 22.7 Å². The summed E-state index contributed by atoms with van der Waals surface area (Å²) < 4.78 is 5.43. The second-order valence-electron chi connectivity index (χ2n) is 6.23. The molecule has 0 aromatic carbocycles. The molecule has 0 saturated heterocycles. The number of carbonyl (C=O) groups excluding carboxylic acids is 1. The number of hydrogen-bond donors (Lipinski definition) is 1. The molecule has 1 saturated carbocycles. The zero-order chi connectivity index (χ0) is 16.4. The Morgan fingerprint density at radius 3 is 2.79 bits per heavy atom. The molecule has 0 atom stereocenters. The SMILES string of the molecule is O=C(NCc1cc(-c2ccco2)cs1)C1(c2cccs2)CCCC1. The van der Waals surface area contributed by atoms with Crippen molar-refractivity contribution in [2.45, 2.75) is 37.6 Å². The van der Waals surface area contributed by atoms with Gasteiger partial charge in [0.05, 0.1) is 18.2 Å². The second kappa shape index (κ2) is 6.57. The first kappa shape index (κ1) is 15.7. The van der Waals surface area contributed by atoms with E-state index in [1.807, 2.05) is 18.2 Å². The highest BCUT2D eigenvalue weighted by Crippen LogP contribution is 2.43. The molecule has 1 fully saturated rings. The second-order valence-corrected chi connectivity index (χ2v) is 8.17. The fraction of sp³-hybridized carbons (Fsp3) is 0.316. The first-order chi connectivity index (χ1) is 11.8. The third-order valence-electron chi connectivity index (χ3n) is 4.77. The van der Waals surface area contributed by atoms with Crippen molar-refractivity contribution in [2.75, 3.05) is 0 Å². The lowest BCUT2D eigenvalue weighted by Crippen LogP contribution is -2.41. The largest absolute Gasteiger partial charge is 0.464 e. The number of amides is 1. The van der Waals surface area contributed by atoms with Gasteiger partial charge in [0.1, 0.15) is 5.76 Å². The van der Waals surface area contributed by atoms with E-state index >= 15 is 0 Å². The zero-order valence-corrected chi connectivity index (χ0v) is 14.9. The van der Waals surface area contributed by atoms with Gasteiger partial charge in [-0.1, -0.05) is 18.9 Å². The fourth-order valence-corrected chi connectivity index (χ4v) is 5.29. The minimum atomic E-state index is -0.310. The number of hydrogen-bond acceptors (Lipinski definition) is 4. The van der Waals surface area contributed by atoms with Gasteiger partial charge in [-0.2, -0.15) is 0 Å². The van der Waals surface area contributed by atoms with E-state index in [1.165, 1.54) is 4.88 Å². The van der Waals surface area contributed by atoms with Crippen LogP contribution in [-0.2, 0) is 16.8 Å². The molecule has 4 rings (SSSR count). The number of carbonyl (C=O) groups is 1. The molecule has 0 aliphatic heterocycles. The van der Waals surface area contributed by atoms with Crippen LogP contribution >= 0.6 is 22.7 Å². The minimum absolute atomic E-state index is 0.176. The van der Waals surface area contributed by atoms with Crippen LogP contribution in [0.15, 0.2) is 51.8 Å². The monoisotopic (exact) mass is 357 g/mol. The van der Waals surface area contributed by atoms with Crippen LogP contribution in [-0.4, -0.2) is 5.91 Å². The molecular weight excluding hydrogens is 338 g/mol. The van der Waals surface area contributed by atoms with E-state index in [0.29, 0.717) is 6.54 Å². The summed E-state index contributed by atoms with van der Waals surface area (Å²) >= 11 is 3.36. The van der Waals surface area contributed by atoms with Crippen molar-refractivity contribution in [1.82, 2.24) is 5.32 Å². The Bertz CT molecular complexity index is 796. The molecule has 3 nitrogen and oxygen atoms in total. The lowest BCUT2D eigenvalue weighted by Gasteiger charge is -2.26. The van der Waals surface area contributed by atoms with Gasteiger partial charge in [0.2, 0.25) is 5.91 Å². The maximum Gasteiger partial charge on any atom is 0.231 e. The van der Waals surface area contributed by atoms with Crippen molar-refractivity contribution >= 4 is 28.6 Å². The van der Waals surface area contributed by atoms with Gasteiger partial charge in [0, 0.05) is 20.7 Å². The Balaban J connectivity index is 1.46. The fourth-order valence-electron chi connectivity index (χ4n) is 3.50. The highest BCUT2D eigenvalue weighted by atomic mass is 32.1. The average Bonchev–Trinajstić information content (AvgIpc) is 3.41. The summed E-state index contributed by atoms with van der Waals surface area (Å²) in [5.41, 5.74) is 0.762. The Kier molecular flexibility index (Phi) is 4.29. The van der Waals surface area contributed by atoms with Gasteiger partial charge < -0.3 is 9.73 Å². The Morgan fingerprint density at radius 1 is 1.21 bits per heavy atom. The van der Waals surface area contributed by atoms with Crippen molar-refractivity contribution in [2.24, 2.45) is 0 Å². The van der Waals surface area contributed by atoms with Gasteiger partial charge in [0.15, 0.2) is 0 Å². The lowest BCUT2D eigenvalue weighted by atomic mass is 9.83. The number of nitrogens with one attached hydrogen (secondary N) is 1. The topological polar surface area (TPSA) is 42.2 Å². The third kappa shape index (κ3) is 2.82. The molecule has 1 aliphatic rings. The Labute approximate surface area is 149 Å². The first-order valence-corrected chi connectivity index (χ1v) is 9.97.